The van der Waals surface area contributed by atoms with Crippen LogP contribution in [0.3, 0.4) is 0 Å². The number of nitrogen functional groups attached to an aromatic ring is 1. The number of morpholine rings is 1. The van der Waals surface area contributed by atoms with Crippen molar-refractivity contribution in [2.24, 2.45) is 0 Å². The fourth-order valence-corrected chi connectivity index (χ4v) is 5.17. The molecule has 2 aromatic heterocycles. The highest BCUT2D eigenvalue weighted by Crippen LogP contribution is 2.34. The third-order valence-electron chi connectivity index (χ3n) is 7.57. The lowest BCUT2D eigenvalue weighted by atomic mass is 10.1. The highest BCUT2D eigenvalue weighted by atomic mass is 19.4. The molecule has 5 aromatic rings. The molecule has 0 radical (unpaired) electrons. The monoisotopic (exact) mass is 632 g/mol. The predicted molar refractivity (Wildman–Crippen MR) is 168 cm³/mol. The molecule has 0 atom stereocenters. The zero-order valence-electron chi connectivity index (χ0n) is 24.8. The number of alkyl halides is 3. The predicted octanol–water partition coefficient (Wildman–Crippen LogP) is 5.75. The highest BCUT2D eigenvalue weighted by molar-refractivity contribution is 6.00. The molecule has 4 N–H and O–H groups in total. The Morgan fingerprint density at radius 2 is 1.67 bits per heavy atom. The van der Waals surface area contributed by atoms with Gasteiger partial charge in [0, 0.05) is 36.6 Å². The van der Waals surface area contributed by atoms with Crippen LogP contribution in [0.1, 0.15) is 11.1 Å². The van der Waals surface area contributed by atoms with Crippen LogP contribution in [-0.2, 0) is 10.9 Å². The van der Waals surface area contributed by atoms with E-state index in [1.165, 1.54) is 25.4 Å². The molecule has 238 valence electrons. The Morgan fingerprint density at radius 1 is 0.978 bits per heavy atom. The van der Waals surface area contributed by atoms with Crippen LogP contribution in [0, 0.1) is 6.92 Å². The van der Waals surface area contributed by atoms with E-state index in [0.717, 1.165) is 50.2 Å². The minimum Gasteiger partial charge on any atom is -0.492 e. The Bertz CT molecular complexity index is 1840. The normalized spacial score (nSPS) is 13.9. The van der Waals surface area contributed by atoms with Crippen molar-refractivity contribution < 1.29 is 27.4 Å². The second-order valence-electron chi connectivity index (χ2n) is 10.7. The summed E-state index contributed by atoms with van der Waals surface area (Å²) in [6.45, 7) is 6.04. The van der Waals surface area contributed by atoms with Crippen LogP contribution >= 0.6 is 0 Å². The first-order valence-electron chi connectivity index (χ1n) is 14.5. The summed E-state index contributed by atoms with van der Waals surface area (Å²) in [5.41, 5.74) is 8.48. The molecular weight excluding hydrogens is 601 g/mol. The number of nitrogens with one attached hydrogen (secondary N) is 2. The van der Waals surface area contributed by atoms with Gasteiger partial charge in [-0.1, -0.05) is 6.07 Å². The third-order valence-corrected chi connectivity index (χ3v) is 7.57. The Labute approximate surface area is 262 Å². The lowest BCUT2D eigenvalue weighted by Crippen LogP contribution is -2.38. The number of nitrogens with two attached hydrogens (primary N) is 1. The van der Waals surface area contributed by atoms with Gasteiger partial charge in [0.2, 0.25) is 0 Å². The van der Waals surface area contributed by atoms with E-state index in [1.807, 2.05) is 24.3 Å². The summed E-state index contributed by atoms with van der Waals surface area (Å²) in [5, 5.41) is 10.5. The molecule has 3 heterocycles. The molecule has 0 spiro atoms. The minimum atomic E-state index is -4.53. The van der Waals surface area contributed by atoms with Crippen molar-refractivity contribution in [1.82, 2.24) is 24.6 Å². The van der Waals surface area contributed by atoms with E-state index in [1.54, 1.807) is 28.9 Å². The van der Waals surface area contributed by atoms with Gasteiger partial charge in [-0.15, -0.1) is 0 Å². The average Bonchev–Trinajstić information content (AvgIpc) is 3.44. The van der Waals surface area contributed by atoms with Crippen molar-refractivity contribution in [3.63, 3.8) is 0 Å². The van der Waals surface area contributed by atoms with Gasteiger partial charge in [-0.2, -0.15) is 18.3 Å². The van der Waals surface area contributed by atoms with Gasteiger partial charge in [-0.25, -0.2) is 19.4 Å². The van der Waals surface area contributed by atoms with Crippen LogP contribution in [0.4, 0.5) is 35.2 Å². The number of ether oxygens (including phenoxy) is 2. The Balaban J connectivity index is 1.16. The number of carbonyl (C=O) groups is 1. The van der Waals surface area contributed by atoms with Gasteiger partial charge in [-0.05, 0) is 73.2 Å². The molecule has 1 saturated heterocycles. The molecule has 0 bridgehead atoms. The van der Waals surface area contributed by atoms with E-state index < -0.39 is 17.8 Å². The second kappa shape index (κ2) is 13.0. The molecular formula is C32H31F3N8O3. The summed E-state index contributed by atoms with van der Waals surface area (Å²) in [4.78, 5) is 23.4. The number of amides is 2. The quantitative estimate of drug-likeness (QED) is 0.197. The molecule has 2 amide bonds. The Kier molecular flexibility index (Phi) is 8.72. The van der Waals surface area contributed by atoms with Crippen LogP contribution in [0.25, 0.3) is 28.0 Å². The number of hydrogen-bond donors (Lipinski definition) is 3. The van der Waals surface area contributed by atoms with Crippen molar-refractivity contribution in [2.45, 2.75) is 13.1 Å². The number of hydrogen-bond acceptors (Lipinski definition) is 8. The van der Waals surface area contributed by atoms with E-state index in [-0.39, 0.29) is 17.1 Å². The first-order valence-corrected chi connectivity index (χ1v) is 14.5. The zero-order chi connectivity index (χ0) is 32.3. The zero-order valence-corrected chi connectivity index (χ0v) is 24.8. The number of urea groups is 1. The molecule has 14 heteroatoms. The maximum Gasteiger partial charge on any atom is 0.416 e. The molecule has 11 nitrogen and oxygen atoms in total. The standard InChI is InChI=1S/C32H31F3N8O3/c1-20-2-5-23(18-26(20)32(33,34)35)40-31(44)39-22-6-8-24(9-7-22)43-30-27(29(36)37-19-38-30)28(41-43)21-3-10-25(11-4-21)46-17-14-42-12-15-45-16-13-42/h2-11,18-19H,12-17H2,1H3,(H2,36,37,38)(H2,39,40,44). The molecule has 0 saturated carbocycles. The summed E-state index contributed by atoms with van der Waals surface area (Å²) in [6.07, 6.45) is -3.16. The van der Waals surface area contributed by atoms with E-state index in [0.29, 0.717) is 34.7 Å². The van der Waals surface area contributed by atoms with Crippen LogP contribution < -0.4 is 21.1 Å². The first-order chi connectivity index (χ1) is 22.2. The van der Waals surface area contributed by atoms with Gasteiger partial charge < -0.3 is 25.8 Å². The SMILES string of the molecule is Cc1ccc(NC(=O)Nc2ccc(-n3nc(-c4ccc(OCCN5CCOCC5)cc4)c4c(N)ncnc43)cc2)cc1C(F)(F)F. The first kappa shape index (κ1) is 30.8. The van der Waals surface area contributed by atoms with Gasteiger partial charge >= 0.3 is 12.2 Å². The molecule has 1 aliphatic rings. The van der Waals surface area contributed by atoms with Crippen molar-refractivity contribution in [3.05, 3.63) is 84.2 Å². The number of nitrogens with zero attached hydrogens (tertiary/aromatic N) is 5. The molecule has 1 aliphatic heterocycles. The molecule has 1 fully saturated rings. The molecule has 0 unspecified atom stereocenters. The summed E-state index contributed by atoms with van der Waals surface area (Å²) >= 11 is 0. The van der Waals surface area contributed by atoms with E-state index in [2.05, 4.69) is 25.5 Å². The highest BCUT2D eigenvalue weighted by Gasteiger charge is 2.32. The second-order valence-corrected chi connectivity index (χ2v) is 10.7. The fourth-order valence-electron chi connectivity index (χ4n) is 5.17. The maximum absolute atomic E-state index is 13.3. The smallest absolute Gasteiger partial charge is 0.416 e. The number of rotatable bonds is 8. The van der Waals surface area contributed by atoms with Crippen LogP contribution in [-0.4, -0.2) is 70.1 Å². The van der Waals surface area contributed by atoms with Gasteiger partial charge in [-0.3, -0.25) is 4.90 Å². The molecule has 6 rings (SSSR count). The average molecular weight is 633 g/mol. The minimum absolute atomic E-state index is 0.0208. The lowest BCUT2D eigenvalue weighted by molar-refractivity contribution is -0.138. The van der Waals surface area contributed by atoms with Crippen molar-refractivity contribution in [3.8, 4) is 22.7 Å². The van der Waals surface area contributed by atoms with E-state index >= 15 is 0 Å². The lowest BCUT2D eigenvalue weighted by Gasteiger charge is -2.26. The molecule has 3 aromatic carbocycles. The topological polar surface area (TPSA) is 132 Å². The summed E-state index contributed by atoms with van der Waals surface area (Å²) in [6, 6.07) is 17.2. The van der Waals surface area contributed by atoms with Gasteiger partial charge in [0.25, 0.3) is 0 Å². The van der Waals surface area contributed by atoms with Gasteiger partial charge in [0.05, 0.1) is 29.9 Å². The number of anilines is 3. The maximum atomic E-state index is 13.3. The summed E-state index contributed by atoms with van der Waals surface area (Å²) in [7, 11) is 0. The number of halogens is 3. The van der Waals surface area contributed by atoms with Crippen molar-refractivity contribution in [2.75, 3.05) is 55.8 Å². The van der Waals surface area contributed by atoms with Crippen LogP contribution in [0.5, 0.6) is 5.75 Å². The van der Waals surface area contributed by atoms with Crippen molar-refractivity contribution >= 4 is 34.3 Å². The summed E-state index contributed by atoms with van der Waals surface area (Å²) < 4.78 is 52.7. The number of carbonyl (C=O) groups excluding carboxylic acids is 1. The van der Waals surface area contributed by atoms with E-state index in [9.17, 15) is 18.0 Å². The Morgan fingerprint density at radius 3 is 2.39 bits per heavy atom. The Hall–Kier alpha value is -5.21. The number of fused-ring (bicyclic) bond motifs is 1. The van der Waals surface area contributed by atoms with Gasteiger partial charge in [0.1, 0.15) is 30.2 Å². The number of aromatic nitrogens is 4. The van der Waals surface area contributed by atoms with E-state index in [4.69, 9.17) is 20.3 Å². The summed E-state index contributed by atoms with van der Waals surface area (Å²) in [5.74, 6) is 1.01. The van der Waals surface area contributed by atoms with Crippen LogP contribution in [0.15, 0.2) is 73.1 Å². The molecule has 0 aliphatic carbocycles. The van der Waals surface area contributed by atoms with Gasteiger partial charge in [0.15, 0.2) is 5.65 Å². The largest absolute Gasteiger partial charge is 0.492 e. The molecule has 46 heavy (non-hydrogen) atoms. The third kappa shape index (κ3) is 6.87. The van der Waals surface area contributed by atoms with Crippen LogP contribution in [0.2, 0.25) is 0 Å². The van der Waals surface area contributed by atoms with Crippen molar-refractivity contribution in [1.29, 1.82) is 0 Å². The number of benzene rings is 3. The number of aryl methyl sites for hydroxylation is 1. The fraction of sp³-hybridized carbons (Fsp3) is 0.250.